The zero-order chi connectivity index (χ0) is 15.8. The van der Waals surface area contributed by atoms with Crippen molar-refractivity contribution >= 4 is 5.97 Å². The fourth-order valence-electron chi connectivity index (χ4n) is 3.61. The van der Waals surface area contributed by atoms with Crippen LogP contribution in [0.5, 0.6) is 0 Å². The summed E-state index contributed by atoms with van der Waals surface area (Å²) in [5, 5.41) is 0. The lowest BCUT2D eigenvalue weighted by Gasteiger charge is -2.29. The van der Waals surface area contributed by atoms with E-state index in [0.29, 0.717) is 6.42 Å². The number of unbranched alkanes of at least 4 members (excludes halogenated alkanes) is 2. The molecular formula is C20H30O2. The van der Waals surface area contributed by atoms with E-state index in [2.05, 4.69) is 31.2 Å². The molecule has 22 heavy (non-hydrogen) atoms. The molecule has 0 aromatic heterocycles. The van der Waals surface area contributed by atoms with Crippen LogP contribution < -0.4 is 0 Å². The number of carbonyl (C=O) groups excluding carboxylic acids is 1. The van der Waals surface area contributed by atoms with Gasteiger partial charge < -0.3 is 4.74 Å². The van der Waals surface area contributed by atoms with Gasteiger partial charge in [-0.25, -0.2) is 0 Å². The molecule has 122 valence electrons. The number of ether oxygens (including phenoxy) is 1. The van der Waals surface area contributed by atoms with E-state index in [9.17, 15) is 4.79 Å². The summed E-state index contributed by atoms with van der Waals surface area (Å²) in [6.07, 6.45) is 11.4. The summed E-state index contributed by atoms with van der Waals surface area (Å²) in [6, 6.07) is 8.58. The van der Waals surface area contributed by atoms with Crippen molar-refractivity contribution in [2.24, 2.45) is 5.92 Å². The molecule has 2 heteroatoms. The third-order valence-electron chi connectivity index (χ3n) is 5.09. The lowest BCUT2D eigenvalue weighted by atomic mass is 9.77. The molecule has 1 aliphatic rings. The molecule has 0 atom stereocenters. The normalized spacial score (nSPS) is 21.5. The fourth-order valence-corrected chi connectivity index (χ4v) is 3.61. The summed E-state index contributed by atoms with van der Waals surface area (Å²) in [7, 11) is 1.44. The van der Waals surface area contributed by atoms with Gasteiger partial charge in [0.2, 0.25) is 0 Å². The van der Waals surface area contributed by atoms with Crippen LogP contribution in [-0.4, -0.2) is 13.1 Å². The Morgan fingerprint density at radius 1 is 1.09 bits per heavy atom. The van der Waals surface area contributed by atoms with Crippen molar-refractivity contribution in [3.8, 4) is 0 Å². The summed E-state index contributed by atoms with van der Waals surface area (Å²) < 4.78 is 4.71. The molecule has 0 bridgehead atoms. The highest BCUT2D eigenvalue weighted by atomic mass is 16.5. The standard InChI is InChI=1S/C20H30O2/c1-3-4-5-6-16-7-11-18(12-8-16)19-13-9-17(10-14-19)15-20(21)22-2/h9-10,13-14,16,18H,3-8,11-12,15H2,1-2H3. The monoisotopic (exact) mass is 302 g/mol. The fraction of sp³-hybridized carbons (Fsp3) is 0.650. The van der Waals surface area contributed by atoms with Crippen LogP contribution in [0.4, 0.5) is 0 Å². The largest absolute Gasteiger partial charge is 0.469 e. The number of methoxy groups -OCH3 is 1. The van der Waals surface area contributed by atoms with Gasteiger partial charge in [0, 0.05) is 0 Å². The maximum absolute atomic E-state index is 11.3. The minimum atomic E-state index is -0.166. The maximum Gasteiger partial charge on any atom is 0.309 e. The molecule has 0 heterocycles. The van der Waals surface area contributed by atoms with Gasteiger partial charge in [0.15, 0.2) is 0 Å². The zero-order valence-electron chi connectivity index (χ0n) is 14.1. The number of carbonyl (C=O) groups is 1. The number of esters is 1. The maximum atomic E-state index is 11.3. The van der Waals surface area contributed by atoms with E-state index in [1.165, 1.54) is 64.0 Å². The predicted octanol–water partition coefficient (Wildman–Crippen LogP) is 5.26. The first kappa shape index (κ1) is 17.1. The topological polar surface area (TPSA) is 26.3 Å². The summed E-state index contributed by atoms with van der Waals surface area (Å²) in [5.41, 5.74) is 2.49. The molecule has 1 fully saturated rings. The second-order valence-corrected chi connectivity index (χ2v) is 6.71. The highest BCUT2D eigenvalue weighted by molar-refractivity contribution is 5.72. The first-order valence-corrected chi connectivity index (χ1v) is 8.88. The van der Waals surface area contributed by atoms with Crippen LogP contribution in [0, 0.1) is 5.92 Å². The minimum Gasteiger partial charge on any atom is -0.469 e. The summed E-state index contributed by atoms with van der Waals surface area (Å²) in [5.74, 6) is 1.51. The number of rotatable bonds is 7. The van der Waals surface area contributed by atoms with Crippen LogP contribution in [-0.2, 0) is 16.0 Å². The summed E-state index contributed by atoms with van der Waals surface area (Å²) >= 11 is 0. The Morgan fingerprint density at radius 2 is 1.77 bits per heavy atom. The number of hydrogen-bond acceptors (Lipinski definition) is 2. The van der Waals surface area contributed by atoms with Gasteiger partial charge in [-0.1, -0.05) is 56.9 Å². The van der Waals surface area contributed by atoms with Gasteiger partial charge in [-0.3, -0.25) is 4.79 Å². The van der Waals surface area contributed by atoms with Crippen molar-refractivity contribution in [1.29, 1.82) is 0 Å². The Morgan fingerprint density at radius 3 is 2.36 bits per heavy atom. The van der Waals surface area contributed by atoms with E-state index in [-0.39, 0.29) is 5.97 Å². The average molecular weight is 302 g/mol. The predicted molar refractivity (Wildman–Crippen MR) is 91.0 cm³/mol. The van der Waals surface area contributed by atoms with Crippen molar-refractivity contribution in [2.45, 2.75) is 70.6 Å². The second kappa shape index (κ2) is 8.97. The molecule has 0 N–H and O–H groups in total. The van der Waals surface area contributed by atoms with Gasteiger partial charge in [0.05, 0.1) is 13.5 Å². The third-order valence-corrected chi connectivity index (χ3v) is 5.09. The Labute approximate surface area is 135 Å². The molecule has 1 aliphatic carbocycles. The molecule has 2 rings (SSSR count). The lowest BCUT2D eigenvalue weighted by molar-refractivity contribution is -0.139. The van der Waals surface area contributed by atoms with E-state index in [4.69, 9.17) is 4.74 Å². The molecule has 0 amide bonds. The van der Waals surface area contributed by atoms with Crippen molar-refractivity contribution < 1.29 is 9.53 Å². The zero-order valence-corrected chi connectivity index (χ0v) is 14.1. The molecule has 0 unspecified atom stereocenters. The van der Waals surface area contributed by atoms with Crippen LogP contribution in [0.3, 0.4) is 0 Å². The van der Waals surface area contributed by atoms with Gasteiger partial charge >= 0.3 is 5.97 Å². The lowest BCUT2D eigenvalue weighted by Crippen LogP contribution is -2.13. The molecule has 0 radical (unpaired) electrons. The smallest absolute Gasteiger partial charge is 0.309 e. The van der Waals surface area contributed by atoms with Crippen molar-refractivity contribution in [2.75, 3.05) is 7.11 Å². The highest BCUT2D eigenvalue weighted by Crippen LogP contribution is 2.37. The SMILES string of the molecule is CCCCCC1CCC(c2ccc(CC(=O)OC)cc2)CC1. The van der Waals surface area contributed by atoms with Crippen LogP contribution in [0.2, 0.25) is 0 Å². The van der Waals surface area contributed by atoms with Crippen LogP contribution in [0.25, 0.3) is 0 Å². The Balaban J connectivity index is 1.80. The van der Waals surface area contributed by atoms with Gasteiger partial charge in [0.1, 0.15) is 0 Å². The molecular weight excluding hydrogens is 272 g/mol. The number of hydrogen-bond donors (Lipinski definition) is 0. The van der Waals surface area contributed by atoms with Gasteiger partial charge in [-0.05, 0) is 48.6 Å². The minimum absolute atomic E-state index is 0.166. The van der Waals surface area contributed by atoms with Gasteiger partial charge in [-0.2, -0.15) is 0 Å². The first-order chi connectivity index (χ1) is 10.7. The molecule has 2 nitrogen and oxygen atoms in total. The highest BCUT2D eigenvalue weighted by Gasteiger charge is 2.22. The molecule has 1 saturated carbocycles. The third kappa shape index (κ3) is 5.15. The van der Waals surface area contributed by atoms with Crippen molar-refractivity contribution in [3.05, 3.63) is 35.4 Å². The van der Waals surface area contributed by atoms with E-state index >= 15 is 0 Å². The Bertz CT molecular complexity index is 441. The van der Waals surface area contributed by atoms with Crippen LogP contribution >= 0.6 is 0 Å². The Hall–Kier alpha value is -1.31. The molecule has 0 spiro atoms. The van der Waals surface area contributed by atoms with Crippen LogP contribution in [0.15, 0.2) is 24.3 Å². The second-order valence-electron chi connectivity index (χ2n) is 6.71. The van der Waals surface area contributed by atoms with E-state index < -0.39 is 0 Å². The van der Waals surface area contributed by atoms with Gasteiger partial charge in [0.25, 0.3) is 0 Å². The first-order valence-electron chi connectivity index (χ1n) is 8.88. The average Bonchev–Trinajstić information content (AvgIpc) is 2.56. The van der Waals surface area contributed by atoms with E-state index in [1.54, 1.807) is 0 Å². The molecule has 0 aliphatic heterocycles. The quantitative estimate of drug-likeness (QED) is 0.507. The molecule has 1 aromatic rings. The van der Waals surface area contributed by atoms with Crippen molar-refractivity contribution in [3.63, 3.8) is 0 Å². The van der Waals surface area contributed by atoms with Crippen LogP contribution in [0.1, 0.15) is 75.3 Å². The molecule has 0 saturated heterocycles. The number of benzene rings is 1. The summed E-state index contributed by atoms with van der Waals surface area (Å²) in [6.45, 7) is 2.28. The van der Waals surface area contributed by atoms with Gasteiger partial charge in [-0.15, -0.1) is 0 Å². The Kier molecular flexibility index (Phi) is 6.95. The van der Waals surface area contributed by atoms with Crippen molar-refractivity contribution in [1.82, 2.24) is 0 Å². The summed E-state index contributed by atoms with van der Waals surface area (Å²) in [4.78, 5) is 11.3. The van der Waals surface area contributed by atoms with E-state index in [1.807, 2.05) is 0 Å². The molecule has 1 aromatic carbocycles. The van der Waals surface area contributed by atoms with E-state index in [0.717, 1.165) is 17.4 Å².